The fourth-order valence-corrected chi connectivity index (χ4v) is 1.92. The number of hydrogen-bond acceptors (Lipinski definition) is 1. The van der Waals surface area contributed by atoms with E-state index in [1.807, 2.05) is 0 Å². The van der Waals surface area contributed by atoms with Gasteiger partial charge in [0.05, 0.1) is 6.61 Å². The first-order valence-electron chi connectivity index (χ1n) is 3.82. The van der Waals surface area contributed by atoms with E-state index in [2.05, 4.69) is 15.9 Å². The quantitative estimate of drug-likeness (QED) is 0.835. The number of alkyl halides is 3. The molecule has 0 saturated heterocycles. The Hall–Kier alpha value is -0.490. The van der Waals surface area contributed by atoms with Crippen LogP contribution in [0, 0.1) is 6.92 Å². The van der Waals surface area contributed by atoms with Gasteiger partial charge < -0.3 is 9.67 Å². The van der Waals surface area contributed by atoms with Gasteiger partial charge in [0.2, 0.25) is 0 Å². The number of hydrogen-bond donors (Lipinski definition) is 1. The highest BCUT2D eigenvalue weighted by Crippen LogP contribution is 2.38. The van der Waals surface area contributed by atoms with Gasteiger partial charge in [-0.3, -0.25) is 0 Å². The number of aliphatic hydroxyl groups excluding tert-OH is 1. The first-order valence-corrected chi connectivity index (χ1v) is 4.61. The van der Waals surface area contributed by atoms with Crippen molar-refractivity contribution in [2.24, 2.45) is 7.05 Å². The van der Waals surface area contributed by atoms with Crippen LogP contribution < -0.4 is 0 Å². The summed E-state index contributed by atoms with van der Waals surface area (Å²) < 4.78 is 38.9. The lowest BCUT2D eigenvalue weighted by Gasteiger charge is -2.10. The van der Waals surface area contributed by atoms with Gasteiger partial charge in [0, 0.05) is 22.8 Å². The van der Waals surface area contributed by atoms with E-state index in [1.165, 1.54) is 7.05 Å². The van der Waals surface area contributed by atoms with Crippen molar-refractivity contribution < 1.29 is 18.3 Å². The molecule has 6 heteroatoms. The Morgan fingerprint density at radius 2 is 1.93 bits per heavy atom. The third kappa shape index (κ3) is 1.68. The number of aromatic nitrogens is 1. The maximum atomic E-state index is 12.5. The number of aliphatic hydroxyl groups is 1. The van der Waals surface area contributed by atoms with Gasteiger partial charge in [0.25, 0.3) is 0 Å². The molecule has 0 aliphatic heterocycles. The van der Waals surface area contributed by atoms with Gasteiger partial charge in [-0.1, -0.05) is 0 Å². The summed E-state index contributed by atoms with van der Waals surface area (Å²) in [6, 6.07) is 0. The Bertz CT molecular complexity index is 356. The summed E-state index contributed by atoms with van der Waals surface area (Å²) in [5, 5.41) is 8.86. The van der Waals surface area contributed by atoms with Crippen LogP contribution in [0.2, 0.25) is 0 Å². The smallest absolute Gasteiger partial charge is 0.392 e. The Kier molecular flexibility index (Phi) is 2.96. The van der Waals surface area contributed by atoms with Crippen molar-refractivity contribution in [1.82, 2.24) is 4.57 Å². The molecule has 2 nitrogen and oxygen atoms in total. The van der Waals surface area contributed by atoms with Crippen LogP contribution in [0.25, 0.3) is 0 Å². The van der Waals surface area contributed by atoms with Gasteiger partial charge in [0.15, 0.2) is 0 Å². The molecule has 0 unspecified atom stereocenters. The highest BCUT2D eigenvalue weighted by Gasteiger charge is 2.38. The van der Waals surface area contributed by atoms with Crippen LogP contribution in [0.3, 0.4) is 0 Å². The van der Waals surface area contributed by atoms with Crippen LogP contribution in [0.1, 0.15) is 17.0 Å². The molecule has 0 atom stereocenters. The van der Waals surface area contributed by atoms with E-state index < -0.39 is 18.5 Å². The van der Waals surface area contributed by atoms with E-state index >= 15 is 0 Å². The Balaban J connectivity index is 3.49. The zero-order chi connectivity index (χ0) is 11.1. The minimum Gasteiger partial charge on any atom is -0.392 e. The Morgan fingerprint density at radius 3 is 2.21 bits per heavy atom. The molecule has 1 heterocycles. The molecule has 80 valence electrons. The third-order valence-electron chi connectivity index (χ3n) is 2.13. The first-order chi connectivity index (χ1) is 6.30. The van der Waals surface area contributed by atoms with Crippen LogP contribution in [-0.2, 0) is 19.8 Å². The van der Waals surface area contributed by atoms with Crippen molar-refractivity contribution in [1.29, 1.82) is 0 Å². The summed E-state index contributed by atoms with van der Waals surface area (Å²) in [4.78, 5) is 0. The second-order valence-electron chi connectivity index (χ2n) is 2.94. The maximum absolute atomic E-state index is 12.5. The van der Waals surface area contributed by atoms with Crippen LogP contribution in [-0.4, -0.2) is 9.67 Å². The number of halogens is 4. The lowest BCUT2D eigenvalue weighted by molar-refractivity contribution is -0.144. The molecule has 0 amide bonds. The SMILES string of the molecule is Cc1c(Br)c(CO)c(C(F)(F)F)n1C. The average molecular weight is 272 g/mol. The summed E-state index contributed by atoms with van der Waals surface area (Å²) in [5.41, 5.74) is -0.469. The van der Waals surface area contributed by atoms with E-state index in [0.29, 0.717) is 10.2 Å². The predicted octanol–water partition coefficient (Wildman–Crippen LogP) is 2.61. The largest absolute Gasteiger partial charge is 0.431 e. The van der Waals surface area contributed by atoms with Crippen LogP contribution in [0.4, 0.5) is 13.2 Å². The van der Waals surface area contributed by atoms with E-state index in [4.69, 9.17) is 5.11 Å². The molecule has 0 bridgehead atoms. The lowest BCUT2D eigenvalue weighted by atomic mass is 10.2. The van der Waals surface area contributed by atoms with Gasteiger partial charge in [-0.15, -0.1) is 0 Å². The molecule has 1 rings (SSSR count). The van der Waals surface area contributed by atoms with Gasteiger partial charge in [-0.2, -0.15) is 13.2 Å². The van der Waals surface area contributed by atoms with Gasteiger partial charge in [-0.25, -0.2) is 0 Å². The van der Waals surface area contributed by atoms with Crippen molar-refractivity contribution in [2.75, 3.05) is 0 Å². The number of rotatable bonds is 1. The molecule has 1 aromatic heterocycles. The zero-order valence-corrected chi connectivity index (χ0v) is 9.20. The zero-order valence-electron chi connectivity index (χ0n) is 7.61. The highest BCUT2D eigenvalue weighted by molar-refractivity contribution is 9.10. The fourth-order valence-electron chi connectivity index (χ4n) is 1.35. The van der Waals surface area contributed by atoms with E-state index in [1.54, 1.807) is 6.92 Å². The van der Waals surface area contributed by atoms with E-state index in [0.717, 1.165) is 4.57 Å². The second-order valence-corrected chi connectivity index (χ2v) is 3.73. The molecule has 0 aliphatic rings. The minimum absolute atomic E-state index is 0.113. The molecule has 0 aromatic carbocycles. The van der Waals surface area contributed by atoms with Crippen molar-refractivity contribution in [3.8, 4) is 0 Å². The average Bonchev–Trinajstić information content (AvgIpc) is 2.28. The van der Waals surface area contributed by atoms with Crippen molar-refractivity contribution in [3.63, 3.8) is 0 Å². The summed E-state index contributed by atoms with van der Waals surface area (Å²) >= 11 is 3.02. The van der Waals surface area contributed by atoms with Gasteiger partial charge in [-0.05, 0) is 22.9 Å². The lowest BCUT2D eigenvalue weighted by Crippen LogP contribution is -2.14. The minimum atomic E-state index is -4.44. The van der Waals surface area contributed by atoms with Gasteiger partial charge in [0.1, 0.15) is 5.69 Å². The summed E-state index contributed by atoms with van der Waals surface area (Å²) in [6.07, 6.45) is -4.44. The fraction of sp³-hybridized carbons (Fsp3) is 0.500. The van der Waals surface area contributed by atoms with Gasteiger partial charge >= 0.3 is 6.18 Å². The van der Waals surface area contributed by atoms with Crippen molar-refractivity contribution in [3.05, 3.63) is 21.4 Å². The van der Waals surface area contributed by atoms with Crippen LogP contribution in [0.5, 0.6) is 0 Å². The summed E-state index contributed by atoms with van der Waals surface area (Å²) in [7, 11) is 1.32. The standard InChI is InChI=1S/C8H9BrF3NO/c1-4-6(9)5(3-14)7(13(4)2)8(10,11)12/h14H,3H2,1-2H3. The third-order valence-corrected chi connectivity index (χ3v) is 3.19. The predicted molar refractivity (Wildman–Crippen MR) is 48.8 cm³/mol. The monoisotopic (exact) mass is 271 g/mol. The Labute approximate surface area is 87.5 Å². The Morgan fingerprint density at radius 1 is 1.43 bits per heavy atom. The van der Waals surface area contributed by atoms with Crippen molar-refractivity contribution >= 4 is 15.9 Å². The number of nitrogens with zero attached hydrogens (tertiary/aromatic N) is 1. The second kappa shape index (κ2) is 3.58. The highest BCUT2D eigenvalue weighted by atomic mass is 79.9. The molecule has 1 aromatic rings. The molecule has 14 heavy (non-hydrogen) atoms. The molecule has 0 fully saturated rings. The molecule has 0 radical (unpaired) electrons. The van der Waals surface area contributed by atoms with E-state index in [-0.39, 0.29) is 5.56 Å². The van der Waals surface area contributed by atoms with E-state index in [9.17, 15) is 13.2 Å². The molecule has 0 spiro atoms. The summed E-state index contributed by atoms with van der Waals surface area (Å²) in [6.45, 7) is 0.926. The molecular weight excluding hydrogens is 263 g/mol. The maximum Gasteiger partial charge on any atom is 0.431 e. The molecule has 0 aliphatic carbocycles. The summed E-state index contributed by atoms with van der Waals surface area (Å²) in [5.74, 6) is 0. The topological polar surface area (TPSA) is 25.2 Å². The van der Waals surface area contributed by atoms with Crippen molar-refractivity contribution in [2.45, 2.75) is 19.7 Å². The molecule has 0 saturated carbocycles. The first kappa shape index (κ1) is 11.6. The molecular formula is C8H9BrF3NO. The normalized spacial score (nSPS) is 12.2. The molecule has 1 N–H and O–H groups in total. The van der Waals surface area contributed by atoms with Crippen LogP contribution >= 0.6 is 15.9 Å². The van der Waals surface area contributed by atoms with Crippen LogP contribution in [0.15, 0.2) is 4.47 Å².